The van der Waals surface area contributed by atoms with Gasteiger partial charge in [-0.1, -0.05) is 12.1 Å². The van der Waals surface area contributed by atoms with Crippen molar-refractivity contribution in [1.82, 2.24) is 19.4 Å². The number of hydrogen-bond acceptors (Lipinski definition) is 7. The van der Waals surface area contributed by atoms with Crippen LogP contribution in [0.15, 0.2) is 47.4 Å². The van der Waals surface area contributed by atoms with Crippen LogP contribution in [0, 0.1) is 17.0 Å². The Hall–Kier alpha value is -3.98. The number of nitrogens with zero attached hydrogens (tertiary/aromatic N) is 4. The number of sulfonamides is 1. The molecule has 2 heterocycles. The number of rotatable bonds is 8. The first-order valence-electron chi connectivity index (χ1n) is 13.0. The molecular weight excluding hydrogens is 579 g/mol. The van der Waals surface area contributed by atoms with E-state index in [9.17, 15) is 36.5 Å². The number of hydrogen-bond donors (Lipinski definition) is 1. The van der Waals surface area contributed by atoms with Crippen LogP contribution in [0.5, 0.6) is 11.6 Å². The standard InChI is InChI=1S/C27H30F3N5O6S/c1-17-23(24(36)31-16-18-8-7-9-19(14-18)27(28,29)30)32-34(26(2,3)4)25(17)41-21-11-10-20(35(37)38)15-22(21)42(39,40)33-12-5-6-13-33/h7-11,14-15H,5-6,12-13,16H2,1-4H3,(H,31,36). The maximum absolute atomic E-state index is 13.5. The number of alkyl halides is 3. The van der Waals surface area contributed by atoms with Crippen LogP contribution >= 0.6 is 0 Å². The highest BCUT2D eigenvalue weighted by atomic mass is 32.2. The summed E-state index contributed by atoms with van der Waals surface area (Å²) < 4.78 is 74.9. The maximum Gasteiger partial charge on any atom is 0.416 e. The zero-order valence-electron chi connectivity index (χ0n) is 23.4. The van der Waals surface area contributed by atoms with Crippen molar-refractivity contribution < 1.29 is 36.0 Å². The predicted molar refractivity (Wildman–Crippen MR) is 146 cm³/mol. The fourth-order valence-electron chi connectivity index (χ4n) is 4.46. The molecule has 0 saturated carbocycles. The van der Waals surface area contributed by atoms with Crippen LogP contribution < -0.4 is 10.1 Å². The second kappa shape index (κ2) is 11.4. The molecule has 1 aliphatic heterocycles. The summed E-state index contributed by atoms with van der Waals surface area (Å²) in [6.07, 6.45) is -3.23. The van der Waals surface area contributed by atoms with Gasteiger partial charge >= 0.3 is 6.18 Å². The summed E-state index contributed by atoms with van der Waals surface area (Å²) in [5.41, 5.74) is -1.68. The van der Waals surface area contributed by atoms with Gasteiger partial charge in [0.1, 0.15) is 10.6 Å². The number of aromatic nitrogens is 2. The molecule has 1 N–H and O–H groups in total. The van der Waals surface area contributed by atoms with Gasteiger partial charge < -0.3 is 10.1 Å². The summed E-state index contributed by atoms with van der Waals surface area (Å²) in [5, 5.41) is 18.4. The van der Waals surface area contributed by atoms with Crippen molar-refractivity contribution in [3.8, 4) is 11.6 Å². The predicted octanol–water partition coefficient (Wildman–Crippen LogP) is 5.38. The Labute approximate surface area is 240 Å². The molecule has 1 amide bonds. The molecule has 0 bridgehead atoms. The number of carbonyl (C=O) groups excluding carboxylic acids is 1. The van der Waals surface area contributed by atoms with Crippen molar-refractivity contribution in [2.45, 2.75) is 63.7 Å². The van der Waals surface area contributed by atoms with E-state index in [0.717, 1.165) is 24.3 Å². The second-order valence-electron chi connectivity index (χ2n) is 10.8. The van der Waals surface area contributed by atoms with Gasteiger partial charge in [0.05, 0.1) is 16.0 Å². The number of non-ortho nitro benzene ring substituents is 1. The van der Waals surface area contributed by atoms with Gasteiger partial charge in [0, 0.05) is 37.3 Å². The fourth-order valence-corrected chi connectivity index (χ4v) is 6.11. The lowest BCUT2D eigenvalue weighted by molar-refractivity contribution is -0.385. The summed E-state index contributed by atoms with van der Waals surface area (Å²) in [4.78, 5) is 23.5. The highest BCUT2D eigenvalue weighted by molar-refractivity contribution is 7.89. The number of ether oxygens (including phenoxy) is 1. The minimum absolute atomic E-state index is 0.0263. The molecule has 1 aromatic heterocycles. The fraction of sp³-hybridized carbons (Fsp3) is 0.407. The molecule has 4 rings (SSSR count). The third-order valence-corrected chi connectivity index (χ3v) is 8.57. The molecule has 1 fully saturated rings. The Balaban J connectivity index is 1.70. The molecule has 0 unspecified atom stereocenters. The minimum atomic E-state index is -4.53. The zero-order chi connectivity index (χ0) is 31.0. The molecular formula is C27H30F3N5O6S. The highest BCUT2D eigenvalue weighted by Crippen LogP contribution is 2.38. The lowest BCUT2D eigenvalue weighted by Gasteiger charge is -2.23. The van der Waals surface area contributed by atoms with Gasteiger partial charge in [-0.3, -0.25) is 14.9 Å². The van der Waals surface area contributed by atoms with Crippen LogP contribution in [0.2, 0.25) is 0 Å². The van der Waals surface area contributed by atoms with E-state index in [-0.39, 0.29) is 48.1 Å². The Morgan fingerprint density at radius 3 is 2.38 bits per heavy atom. The van der Waals surface area contributed by atoms with E-state index >= 15 is 0 Å². The maximum atomic E-state index is 13.5. The van der Waals surface area contributed by atoms with Crippen molar-refractivity contribution in [2.24, 2.45) is 0 Å². The van der Waals surface area contributed by atoms with Crippen LogP contribution in [0.1, 0.15) is 60.8 Å². The number of nitro benzene ring substituents is 1. The van der Waals surface area contributed by atoms with Crippen molar-refractivity contribution in [3.05, 3.63) is 75.0 Å². The summed E-state index contributed by atoms with van der Waals surface area (Å²) >= 11 is 0. The lowest BCUT2D eigenvalue weighted by atomic mass is 10.1. The van der Waals surface area contributed by atoms with E-state index in [1.807, 2.05) is 0 Å². The third kappa shape index (κ3) is 6.41. The van der Waals surface area contributed by atoms with Crippen LogP contribution in [0.3, 0.4) is 0 Å². The quantitative estimate of drug-likeness (QED) is 0.267. The van der Waals surface area contributed by atoms with Gasteiger partial charge in [-0.2, -0.15) is 22.6 Å². The molecule has 1 aliphatic rings. The van der Waals surface area contributed by atoms with Crippen molar-refractivity contribution in [1.29, 1.82) is 0 Å². The molecule has 0 atom stereocenters. The number of nitrogens with one attached hydrogen (secondary N) is 1. The van der Waals surface area contributed by atoms with E-state index in [4.69, 9.17) is 4.74 Å². The number of halogens is 3. The average molecular weight is 610 g/mol. The number of carbonyl (C=O) groups is 1. The smallest absolute Gasteiger partial charge is 0.416 e. The third-order valence-electron chi connectivity index (χ3n) is 6.65. The van der Waals surface area contributed by atoms with Gasteiger partial charge in [0.2, 0.25) is 15.9 Å². The lowest BCUT2D eigenvalue weighted by Crippen LogP contribution is -2.28. The Morgan fingerprint density at radius 1 is 1.12 bits per heavy atom. The van der Waals surface area contributed by atoms with E-state index < -0.39 is 48.7 Å². The van der Waals surface area contributed by atoms with Crippen molar-refractivity contribution in [3.63, 3.8) is 0 Å². The number of nitro groups is 1. The molecule has 3 aromatic rings. The first-order valence-corrected chi connectivity index (χ1v) is 14.4. The van der Waals surface area contributed by atoms with Crippen LogP contribution in [0.25, 0.3) is 0 Å². The molecule has 42 heavy (non-hydrogen) atoms. The van der Waals surface area contributed by atoms with Crippen LogP contribution in [-0.4, -0.2) is 46.4 Å². The first kappa shape index (κ1) is 31.0. The van der Waals surface area contributed by atoms with Gasteiger partial charge in [0.25, 0.3) is 11.6 Å². The Morgan fingerprint density at radius 2 is 1.79 bits per heavy atom. The summed E-state index contributed by atoms with van der Waals surface area (Å²) in [5.74, 6) is -0.846. The summed E-state index contributed by atoms with van der Waals surface area (Å²) in [7, 11) is -4.15. The summed E-state index contributed by atoms with van der Waals surface area (Å²) in [6.45, 7) is 7.17. The zero-order valence-corrected chi connectivity index (χ0v) is 24.2. The van der Waals surface area contributed by atoms with Gasteiger partial charge in [-0.05, 0) is 64.3 Å². The van der Waals surface area contributed by atoms with E-state index in [2.05, 4.69) is 10.4 Å². The topological polar surface area (TPSA) is 137 Å². The van der Waals surface area contributed by atoms with Gasteiger partial charge in [-0.25, -0.2) is 13.1 Å². The van der Waals surface area contributed by atoms with E-state index in [1.54, 1.807) is 20.8 Å². The van der Waals surface area contributed by atoms with Crippen LogP contribution in [0.4, 0.5) is 18.9 Å². The molecule has 0 aliphatic carbocycles. The van der Waals surface area contributed by atoms with Crippen molar-refractivity contribution in [2.75, 3.05) is 13.1 Å². The molecule has 1 saturated heterocycles. The van der Waals surface area contributed by atoms with E-state index in [0.29, 0.717) is 12.8 Å². The molecule has 0 spiro atoms. The monoisotopic (exact) mass is 609 g/mol. The highest BCUT2D eigenvalue weighted by Gasteiger charge is 2.34. The molecule has 0 radical (unpaired) electrons. The normalized spacial score (nSPS) is 14.6. The molecule has 11 nitrogen and oxygen atoms in total. The first-order chi connectivity index (χ1) is 19.5. The number of benzene rings is 2. The molecule has 226 valence electrons. The Kier molecular flexibility index (Phi) is 8.38. The summed E-state index contributed by atoms with van der Waals surface area (Å²) in [6, 6.07) is 7.81. The van der Waals surface area contributed by atoms with Crippen molar-refractivity contribution >= 4 is 21.6 Å². The van der Waals surface area contributed by atoms with Gasteiger partial charge in [0.15, 0.2) is 5.69 Å². The average Bonchev–Trinajstić information content (AvgIpc) is 3.56. The van der Waals surface area contributed by atoms with Gasteiger partial charge in [-0.15, -0.1) is 0 Å². The number of amides is 1. The Bertz CT molecular complexity index is 1620. The molecule has 15 heteroatoms. The van der Waals surface area contributed by atoms with Crippen LogP contribution in [-0.2, 0) is 28.3 Å². The molecule has 2 aromatic carbocycles. The minimum Gasteiger partial charge on any atom is -0.438 e. The SMILES string of the molecule is Cc1c(C(=O)NCc2cccc(C(F)(F)F)c2)nn(C(C)(C)C)c1Oc1ccc([N+](=O)[O-])cc1S(=O)(=O)N1CCCC1. The van der Waals surface area contributed by atoms with E-state index in [1.165, 1.54) is 34.1 Å². The largest absolute Gasteiger partial charge is 0.438 e. The second-order valence-corrected chi connectivity index (χ2v) is 12.7.